The molecule has 0 fully saturated rings. The van der Waals surface area contributed by atoms with Gasteiger partial charge in [-0.2, -0.15) is 5.26 Å². The number of para-hydroxylation sites is 1. The van der Waals surface area contributed by atoms with Gasteiger partial charge in [-0.3, -0.25) is 4.79 Å². The van der Waals surface area contributed by atoms with Gasteiger partial charge < -0.3 is 14.4 Å². The molecule has 0 aliphatic carbocycles. The van der Waals surface area contributed by atoms with Gasteiger partial charge in [0, 0.05) is 12.2 Å². The normalized spacial score (nSPS) is 10.1. The van der Waals surface area contributed by atoms with E-state index in [1.165, 1.54) is 4.90 Å². The van der Waals surface area contributed by atoms with Crippen LogP contribution in [0.15, 0.2) is 42.5 Å². The van der Waals surface area contributed by atoms with Crippen molar-refractivity contribution in [3.8, 4) is 11.8 Å². The number of esters is 1. The fourth-order valence-corrected chi connectivity index (χ4v) is 2.82. The molecule has 0 radical (unpaired) electrons. The smallest absolute Gasteiger partial charge is 0.344 e. The molecule has 0 saturated carbocycles. The lowest BCUT2D eigenvalue weighted by Gasteiger charge is -2.22. The molecule has 0 aliphatic heterocycles. The predicted molar refractivity (Wildman–Crippen MR) is 106 cm³/mol. The molecule has 0 heterocycles. The number of anilines is 1. The Bertz CT molecular complexity index is 872. The van der Waals surface area contributed by atoms with E-state index in [1.54, 1.807) is 24.3 Å². The van der Waals surface area contributed by atoms with E-state index in [0.29, 0.717) is 16.5 Å². The van der Waals surface area contributed by atoms with Gasteiger partial charge in [-0.25, -0.2) is 4.79 Å². The molecule has 6 nitrogen and oxygen atoms in total. The number of hydrogen-bond donors (Lipinski definition) is 0. The maximum Gasteiger partial charge on any atom is 0.344 e. The quantitative estimate of drug-likeness (QED) is 0.629. The lowest BCUT2D eigenvalue weighted by atomic mass is 10.1. The number of rotatable bonds is 8. The minimum absolute atomic E-state index is 0.169. The second kappa shape index (κ2) is 10.3. The van der Waals surface area contributed by atoms with Gasteiger partial charge >= 0.3 is 5.97 Å². The number of hydrogen-bond acceptors (Lipinski definition) is 5. The molecule has 2 aromatic rings. The first-order valence-corrected chi connectivity index (χ1v) is 9.07. The van der Waals surface area contributed by atoms with E-state index < -0.39 is 18.5 Å². The van der Waals surface area contributed by atoms with Crippen LogP contribution >= 0.6 is 11.6 Å². The van der Waals surface area contributed by atoms with Crippen LogP contribution < -0.4 is 9.64 Å². The summed E-state index contributed by atoms with van der Waals surface area (Å²) in [6.07, 6.45) is 0.169. The zero-order valence-electron chi connectivity index (χ0n) is 15.8. The Balaban J connectivity index is 1.96. The van der Waals surface area contributed by atoms with Gasteiger partial charge in [0.1, 0.15) is 5.75 Å². The zero-order valence-corrected chi connectivity index (χ0v) is 16.5. The maximum atomic E-state index is 12.6. The predicted octanol–water partition coefficient (Wildman–Crippen LogP) is 3.83. The highest BCUT2D eigenvalue weighted by molar-refractivity contribution is 6.32. The third kappa shape index (κ3) is 6.29. The van der Waals surface area contributed by atoms with E-state index in [4.69, 9.17) is 26.3 Å². The van der Waals surface area contributed by atoms with E-state index in [9.17, 15) is 9.59 Å². The van der Waals surface area contributed by atoms with Gasteiger partial charge in [-0.15, -0.1) is 0 Å². The zero-order chi connectivity index (χ0) is 20.5. The van der Waals surface area contributed by atoms with Crippen LogP contribution in [0.25, 0.3) is 0 Å². The molecule has 0 bridgehead atoms. The fourth-order valence-electron chi connectivity index (χ4n) is 2.63. The number of benzene rings is 2. The Morgan fingerprint density at radius 2 is 1.79 bits per heavy atom. The third-order valence-corrected chi connectivity index (χ3v) is 4.12. The van der Waals surface area contributed by atoms with E-state index in [0.717, 1.165) is 11.1 Å². The van der Waals surface area contributed by atoms with Crippen LogP contribution in [-0.2, 0) is 14.3 Å². The van der Waals surface area contributed by atoms with Crippen molar-refractivity contribution >= 4 is 29.2 Å². The number of aryl methyl sites for hydroxylation is 2. The number of nitriles is 1. The minimum Gasteiger partial charge on any atom is -0.480 e. The first-order chi connectivity index (χ1) is 13.4. The highest BCUT2D eigenvalue weighted by atomic mass is 35.5. The number of amides is 1. The topological polar surface area (TPSA) is 79.6 Å². The molecule has 2 rings (SSSR count). The summed E-state index contributed by atoms with van der Waals surface area (Å²) in [7, 11) is 0. The molecule has 0 aromatic heterocycles. The summed E-state index contributed by atoms with van der Waals surface area (Å²) in [6, 6.07) is 14.5. The second-order valence-corrected chi connectivity index (χ2v) is 6.59. The second-order valence-electron chi connectivity index (χ2n) is 6.18. The van der Waals surface area contributed by atoms with Crippen molar-refractivity contribution in [2.75, 3.05) is 24.7 Å². The van der Waals surface area contributed by atoms with Crippen molar-refractivity contribution < 1.29 is 19.1 Å². The number of ether oxygens (including phenoxy) is 2. The first-order valence-electron chi connectivity index (χ1n) is 8.69. The monoisotopic (exact) mass is 400 g/mol. The lowest BCUT2D eigenvalue weighted by Crippen LogP contribution is -2.36. The maximum absolute atomic E-state index is 12.6. The lowest BCUT2D eigenvalue weighted by molar-refractivity contribution is -0.149. The molecular formula is C21H21ClN2O4. The summed E-state index contributed by atoms with van der Waals surface area (Å²) < 4.78 is 10.3. The number of halogens is 1. The van der Waals surface area contributed by atoms with Gasteiger partial charge in [0.15, 0.2) is 13.2 Å². The Morgan fingerprint density at radius 3 is 2.43 bits per heavy atom. The number of nitrogens with zero attached hydrogens (tertiary/aromatic N) is 2. The van der Waals surface area contributed by atoms with Crippen molar-refractivity contribution in [1.29, 1.82) is 5.26 Å². The average molecular weight is 401 g/mol. The molecule has 0 saturated heterocycles. The van der Waals surface area contributed by atoms with Gasteiger partial charge in [0.25, 0.3) is 5.91 Å². The molecular weight excluding hydrogens is 380 g/mol. The first kappa shape index (κ1) is 21.3. The van der Waals surface area contributed by atoms with Crippen LogP contribution in [0.1, 0.15) is 17.5 Å². The highest BCUT2D eigenvalue weighted by Gasteiger charge is 2.18. The summed E-state index contributed by atoms with van der Waals surface area (Å²) >= 11 is 5.95. The Hall–Kier alpha value is -3.04. The van der Waals surface area contributed by atoms with Crippen molar-refractivity contribution in [3.05, 3.63) is 58.6 Å². The van der Waals surface area contributed by atoms with E-state index in [2.05, 4.69) is 0 Å². The average Bonchev–Trinajstić information content (AvgIpc) is 2.65. The molecule has 0 atom stereocenters. The molecule has 7 heteroatoms. The Morgan fingerprint density at radius 1 is 1.11 bits per heavy atom. The summed E-state index contributed by atoms with van der Waals surface area (Å²) in [5.74, 6) is -0.737. The fraction of sp³-hybridized carbons (Fsp3) is 0.286. The Labute approximate surface area is 169 Å². The standard InChI is InChI=1S/C21H21ClN2O4/c1-15-10-16(2)12-17(11-15)24(9-5-8-23)20(25)13-28-21(26)14-27-19-7-4-3-6-18(19)22/h3-4,6-7,10-12H,5,9,13-14H2,1-2H3. The SMILES string of the molecule is Cc1cc(C)cc(N(CCC#N)C(=O)COC(=O)COc2ccccc2Cl)c1. The van der Waals surface area contributed by atoms with Gasteiger partial charge in [-0.1, -0.05) is 29.8 Å². The van der Waals surface area contributed by atoms with Gasteiger partial charge in [0.05, 0.1) is 17.5 Å². The summed E-state index contributed by atoms with van der Waals surface area (Å²) in [5.41, 5.74) is 2.66. The van der Waals surface area contributed by atoms with E-state index >= 15 is 0 Å². The molecule has 0 aliphatic rings. The van der Waals surface area contributed by atoms with Gasteiger partial charge in [0.2, 0.25) is 0 Å². The van der Waals surface area contributed by atoms with Crippen LogP contribution in [-0.4, -0.2) is 31.6 Å². The Kier molecular flexibility index (Phi) is 7.85. The molecule has 0 spiro atoms. The van der Waals surface area contributed by atoms with E-state index in [1.807, 2.05) is 38.1 Å². The highest BCUT2D eigenvalue weighted by Crippen LogP contribution is 2.23. The van der Waals surface area contributed by atoms with Crippen molar-refractivity contribution in [2.24, 2.45) is 0 Å². The molecule has 0 N–H and O–H groups in total. The van der Waals surface area contributed by atoms with Crippen molar-refractivity contribution in [2.45, 2.75) is 20.3 Å². The van der Waals surface area contributed by atoms with Gasteiger partial charge in [-0.05, 0) is 49.2 Å². The molecule has 1 amide bonds. The molecule has 28 heavy (non-hydrogen) atoms. The molecule has 146 valence electrons. The number of carbonyl (C=O) groups is 2. The number of carbonyl (C=O) groups excluding carboxylic acids is 2. The van der Waals surface area contributed by atoms with Crippen LogP contribution in [0, 0.1) is 25.2 Å². The van der Waals surface area contributed by atoms with Crippen molar-refractivity contribution in [1.82, 2.24) is 0 Å². The van der Waals surface area contributed by atoms with Crippen LogP contribution in [0.3, 0.4) is 0 Å². The van der Waals surface area contributed by atoms with E-state index in [-0.39, 0.29) is 19.6 Å². The molecule has 2 aromatic carbocycles. The van der Waals surface area contributed by atoms with Crippen LogP contribution in [0.2, 0.25) is 5.02 Å². The van der Waals surface area contributed by atoms with Crippen molar-refractivity contribution in [3.63, 3.8) is 0 Å². The summed E-state index contributed by atoms with van der Waals surface area (Å²) in [6.45, 7) is 3.26. The van der Waals surface area contributed by atoms with Crippen LogP contribution in [0.5, 0.6) is 5.75 Å². The summed E-state index contributed by atoms with van der Waals surface area (Å²) in [5, 5.41) is 9.25. The van der Waals surface area contributed by atoms with Crippen LogP contribution in [0.4, 0.5) is 5.69 Å². The molecule has 0 unspecified atom stereocenters. The third-order valence-electron chi connectivity index (χ3n) is 3.81. The summed E-state index contributed by atoms with van der Waals surface area (Å²) in [4.78, 5) is 25.9. The largest absolute Gasteiger partial charge is 0.480 e. The minimum atomic E-state index is -0.686.